The average Bonchev–Trinajstić information content (AvgIpc) is 3.01. The smallest absolute Gasteiger partial charge is 0.178 e. The van der Waals surface area contributed by atoms with Crippen LogP contribution >= 0.6 is 12.2 Å². The van der Waals surface area contributed by atoms with E-state index in [0.29, 0.717) is 6.04 Å². The number of fused-ring (bicyclic) bond motifs is 1. The predicted octanol–water partition coefficient (Wildman–Crippen LogP) is 2.50. The zero-order valence-electron chi connectivity index (χ0n) is 10.2. The topological polar surface area (TPSA) is 36.9 Å². The molecule has 4 nitrogen and oxygen atoms in total. The Morgan fingerprint density at radius 3 is 3.00 bits per heavy atom. The second-order valence-electron chi connectivity index (χ2n) is 5.36. The van der Waals surface area contributed by atoms with Crippen molar-refractivity contribution in [3.63, 3.8) is 0 Å². The lowest BCUT2D eigenvalue weighted by atomic mass is 10.2. The number of aromatic amines is 1. The number of likely N-dealkylation sites (tertiary alicyclic amines) is 1. The minimum atomic E-state index is 0.522. The highest BCUT2D eigenvalue weighted by Gasteiger charge is 2.35. The highest BCUT2D eigenvalue weighted by Crippen LogP contribution is 2.34. The maximum atomic E-state index is 5.47. The lowest BCUT2D eigenvalue weighted by molar-refractivity contribution is 0.314. The molecule has 1 aliphatic heterocycles. The maximum absolute atomic E-state index is 5.47. The molecular formula is C13H16N4S. The van der Waals surface area contributed by atoms with Crippen LogP contribution in [0.2, 0.25) is 0 Å². The number of nitrogens with zero attached hydrogens (tertiary/aromatic N) is 3. The second-order valence-corrected chi connectivity index (χ2v) is 5.75. The SMILES string of the molecule is S=c1[nH]c2cnccc2n1C1CCN(C2CC2)C1. The Labute approximate surface area is 111 Å². The van der Waals surface area contributed by atoms with Crippen LogP contribution in [-0.4, -0.2) is 38.6 Å². The monoisotopic (exact) mass is 260 g/mol. The number of hydrogen-bond donors (Lipinski definition) is 1. The van der Waals surface area contributed by atoms with E-state index < -0.39 is 0 Å². The molecule has 94 valence electrons. The van der Waals surface area contributed by atoms with E-state index in [1.165, 1.54) is 31.3 Å². The fraction of sp³-hybridized carbons (Fsp3) is 0.538. The zero-order valence-corrected chi connectivity index (χ0v) is 11.0. The molecule has 2 aromatic heterocycles. The summed E-state index contributed by atoms with van der Waals surface area (Å²) in [6, 6.07) is 3.44. The summed E-state index contributed by atoms with van der Waals surface area (Å²) in [5, 5.41) is 0. The lowest BCUT2D eigenvalue weighted by Crippen LogP contribution is -2.23. The van der Waals surface area contributed by atoms with Gasteiger partial charge in [0.25, 0.3) is 0 Å². The van der Waals surface area contributed by atoms with E-state index in [9.17, 15) is 0 Å². The van der Waals surface area contributed by atoms with Gasteiger partial charge in [-0.1, -0.05) is 0 Å². The van der Waals surface area contributed by atoms with E-state index in [-0.39, 0.29) is 0 Å². The molecule has 1 saturated carbocycles. The van der Waals surface area contributed by atoms with Crippen LogP contribution < -0.4 is 0 Å². The molecule has 0 spiro atoms. The Kier molecular flexibility index (Phi) is 2.32. The van der Waals surface area contributed by atoms with Gasteiger partial charge in [-0.25, -0.2) is 0 Å². The van der Waals surface area contributed by atoms with Crippen molar-refractivity contribution in [1.82, 2.24) is 19.4 Å². The number of hydrogen-bond acceptors (Lipinski definition) is 3. The third kappa shape index (κ3) is 1.61. The van der Waals surface area contributed by atoms with Gasteiger partial charge in [-0.2, -0.15) is 0 Å². The van der Waals surface area contributed by atoms with Gasteiger partial charge in [0.2, 0.25) is 0 Å². The molecule has 5 heteroatoms. The third-order valence-electron chi connectivity index (χ3n) is 4.14. The summed E-state index contributed by atoms with van der Waals surface area (Å²) in [6.45, 7) is 2.36. The minimum Gasteiger partial charge on any atom is -0.329 e. The van der Waals surface area contributed by atoms with Gasteiger partial charge in [-0.3, -0.25) is 9.88 Å². The first-order valence-corrected chi connectivity index (χ1v) is 7.02. The van der Waals surface area contributed by atoms with Crippen molar-refractivity contribution in [2.24, 2.45) is 0 Å². The summed E-state index contributed by atoms with van der Waals surface area (Å²) < 4.78 is 3.12. The molecule has 0 radical (unpaired) electrons. The molecule has 2 aromatic rings. The van der Waals surface area contributed by atoms with E-state index in [2.05, 4.69) is 25.5 Å². The Hall–Kier alpha value is -1.20. The largest absolute Gasteiger partial charge is 0.329 e. The van der Waals surface area contributed by atoms with Crippen LogP contribution in [0.3, 0.4) is 0 Å². The summed E-state index contributed by atoms with van der Waals surface area (Å²) >= 11 is 5.47. The number of pyridine rings is 1. The van der Waals surface area contributed by atoms with Gasteiger partial charge in [0, 0.05) is 25.3 Å². The molecule has 1 aliphatic carbocycles. The number of aromatic nitrogens is 3. The van der Waals surface area contributed by atoms with Crippen molar-refractivity contribution >= 4 is 23.3 Å². The number of imidazole rings is 1. The van der Waals surface area contributed by atoms with Crippen LogP contribution in [0.1, 0.15) is 25.3 Å². The molecule has 2 fully saturated rings. The van der Waals surface area contributed by atoms with E-state index >= 15 is 0 Å². The Morgan fingerprint density at radius 2 is 2.17 bits per heavy atom. The predicted molar refractivity (Wildman–Crippen MR) is 73.2 cm³/mol. The van der Waals surface area contributed by atoms with Crippen LogP contribution in [0.5, 0.6) is 0 Å². The van der Waals surface area contributed by atoms with Crippen LogP contribution in [0, 0.1) is 4.77 Å². The molecule has 1 atom stereocenters. The molecule has 1 N–H and O–H groups in total. The maximum Gasteiger partial charge on any atom is 0.178 e. The molecule has 0 bridgehead atoms. The molecular weight excluding hydrogens is 244 g/mol. The molecule has 3 heterocycles. The van der Waals surface area contributed by atoms with E-state index in [1.807, 2.05) is 12.4 Å². The Balaban J connectivity index is 1.74. The van der Waals surface area contributed by atoms with Crippen LogP contribution in [0.15, 0.2) is 18.5 Å². The molecule has 0 aromatic carbocycles. The minimum absolute atomic E-state index is 0.522. The van der Waals surface area contributed by atoms with Gasteiger partial charge in [-0.15, -0.1) is 0 Å². The molecule has 0 amide bonds. The van der Waals surface area contributed by atoms with Crippen molar-refractivity contribution in [1.29, 1.82) is 0 Å². The summed E-state index contributed by atoms with van der Waals surface area (Å²) in [5.74, 6) is 0. The first kappa shape index (κ1) is 10.7. The summed E-state index contributed by atoms with van der Waals surface area (Å²) in [6.07, 6.45) is 7.68. The lowest BCUT2D eigenvalue weighted by Gasteiger charge is -2.16. The fourth-order valence-electron chi connectivity index (χ4n) is 3.09. The standard InChI is InChI=1S/C13H16N4S/c18-13-15-11-7-14-5-3-12(11)17(13)10-4-6-16(8-10)9-1-2-9/h3,5,7,9-10H,1-2,4,6,8H2,(H,15,18). The fourth-order valence-corrected chi connectivity index (χ4v) is 3.45. The second kappa shape index (κ2) is 3.90. The van der Waals surface area contributed by atoms with E-state index in [1.54, 1.807) is 0 Å². The quantitative estimate of drug-likeness (QED) is 0.843. The van der Waals surface area contributed by atoms with E-state index in [0.717, 1.165) is 22.9 Å². The Bertz CT molecular complexity index is 640. The van der Waals surface area contributed by atoms with Crippen molar-refractivity contribution < 1.29 is 0 Å². The highest BCUT2D eigenvalue weighted by molar-refractivity contribution is 7.71. The van der Waals surface area contributed by atoms with Gasteiger partial charge in [0.1, 0.15) is 0 Å². The summed E-state index contributed by atoms with van der Waals surface area (Å²) in [7, 11) is 0. The van der Waals surface area contributed by atoms with Gasteiger partial charge in [0.05, 0.1) is 23.3 Å². The van der Waals surface area contributed by atoms with Gasteiger partial charge < -0.3 is 9.55 Å². The summed E-state index contributed by atoms with van der Waals surface area (Å²) in [5.41, 5.74) is 2.24. The molecule has 2 aliphatic rings. The van der Waals surface area contributed by atoms with Crippen LogP contribution in [-0.2, 0) is 0 Å². The van der Waals surface area contributed by atoms with Crippen molar-refractivity contribution in [2.75, 3.05) is 13.1 Å². The first-order chi connectivity index (χ1) is 8.83. The van der Waals surface area contributed by atoms with Gasteiger partial charge >= 0.3 is 0 Å². The van der Waals surface area contributed by atoms with Crippen molar-refractivity contribution in [2.45, 2.75) is 31.3 Å². The van der Waals surface area contributed by atoms with Crippen LogP contribution in [0.4, 0.5) is 0 Å². The zero-order chi connectivity index (χ0) is 12.1. The van der Waals surface area contributed by atoms with Gasteiger partial charge in [-0.05, 0) is 37.5 Å². The molecule has 1 saturated heterocycles. The summed E-state index contributed by atoms with van der Waals surface area (Å²) in [4.78, 5) is 10.0. The first-order valence-electron chi connectivity index (χ1n) is 6.61. The normalized spacial score (nSPS) is 25.0. The number of nitrogens with one attached hydrogen (secondary N) is 1. The number of rotatable bonds is 2. The van der Waals surface area contributed by atoms with E-state index in [4.69, 9.17) is 12.2 Å². The molecule has 18 heavy (non-hydrogen) atoms. The van der Waals surface area contributed by atoms with Crippen LogP contribution in [0.25, 0.3) is 11.0 Å². The molecule has 4 rings (SSSR count). The average molecular weight is 260 g/mol. The number of H-pyrrole nitrogens is 1. The van der Waals surface area contributed by atoms with Gasteiger partial charge in [0.15, 0.2) is 4.77 Å². The van der Waals surface area contributed by atoms with Crippen molar-refractivity contribution in [3.8, 4) is 0 Å². The Morgan fingerprint density at radius 1 is 1.28 bits per heavy atom. The third-order valence-corrected chi connectivity index (χ3v) is 4.44. The highest BCUT2D eigenvalue weighted by atomic mass is 32.1. The molecule has 1 unspecified atom stereocenters. The van der Waals surface area contributed by atoms with Crippen molar-refractivity contribution in [3.05, 3.63) is 23.2 Å².